The highest BCUT2D eigenvalue weighted by atomic mass is 35.5. The number of alkyl halides is 1. The minimum absolute atomic E-state index is 0.260. The molecule has 1 rings (SSSR count). The molecular weight excluding hydrogens is 136 g/mol. The molecule has 1 nitrogen and oxygen atoms in total. The number of hydrogen-bond acceptors (Lipinski definition) is 1. The molecule has 0 aromatic rings. The topological polar surface area (TPSA) is 9.23 Å². The third kappa shape index (κ3) is 1.08. The molecule has 2 heteroatoms. The van der Waals surface area contributed by atoms with Crippen molar-refractivity contribution in [3.63, 3.8) is 0 Å². The number of hydrogen-bond donors (Lipinski definition) is 0. The van der Waals surface area contributed by atoms with Crippen LogP contribution in [0.25, 0.3) is 0 Å². The van der Waals surface area contributed by atoms with E-state index >= 15 is 0 Å². The fourth-order valence-corrected chi connectivity index (χ4v) is 1.36. The van der Waals surface area contributed by atoms with Crippen molar-refractivity contribution in [3.8, 4) is 0 Å². The highest BCUT2D eigenvalue weighted by Crippen LogP contribution is 2.37. The highest BCUT2D eigenvalue weighted by molar-refractivity contribution is 6.20. The third-order valence-electron chi connectivity index (χ3n) is 2.33. The van der Waals surface area contributed by atoms with Gasteiger partial charge in [-0.15, -0.1) is 11.6 Å². The summed E-state index contributed by atoms with van der Waals surface area (Å²) in [4.78, 5) is 0. The van der Waals surface area contributed by atoms with Gasteiger partial charge in [0.05, 0.1) is 13.2 Å². The van der Waals surface area contributed by atoms with Gasteiger partial charge in [-0.05, 0) is 13.3 Å². The number of halogens is 1. The molecule has 0 bridgehead atoms. The molecule has 0 N–H and O–H groups in total. The van der Waals surface area contributed by atoms with Gasteiger partial charge in [0.2, 0.25) is 0 Å². The van der Waals surface area contributed by atoms with Crippen LogP contribution in [-0.4, -0.2) is 18.6 Å². The zero-order valence-corrected chi connectivity index (χ0v) is 6.74. The molecule has 1 fully saturated rings. The summed E-state index contributed by atoms with van der Waals surface area (Å²) in [7, 11) is 0. The molecule has 1 unspecified atom stereocenters. The van der Waals surface area contributed by atoms with Crippen molar-refractivity contribution in [3.05, 3.63) is 0 Å². The summed E-state index contributed by atoms with van der Waals surface area (Å²) < 4.78 is 5.11. The Morgan fingerprint density at radius 3 is 2.22 bits per heavy atom. The molecule has 0 spiro atoms. The van der Waals surface area contributed by atoms with E-state index in [1.807, 2.05) is 6.92 Å². The molecule has 1 heterocycles. The molecule has 1 saturated heterocycles. The van der Waals surface area contributed by atoms with Gasteiger partial charge < -0.3 is 4.74 Å². The van der Waals surface area contributed by atoms with Crippen molar-refractivity contribution in [2.75, 3.05) is 13.2 Å². The first kappa shape index (κ1) is 7.36. The molecule has 1 aliphatic heterocycles. The normalized spacial score (nSPS) is 27.0. The van der Waals surface area contributed by atoms with E-state index in [9.17, 15) is 0 Å². The van der Waals surface area contributed by atoms with Crippen LogP contribution in [-0.2, 0) is 4.74 Å². The first-order chi connectivity index (χ1) is 4.21. The van der Waals surface area contributed by atoms with E-state index in [1.165, 1.54) is 0 Å². The average Bonchev–Trinajstić information content (AvgIpc) is 1.62. The Hall–Kier alpha value is 0.250. The molecule has 9 heavy (non-hydrogen) atoms. The predicted octanol–water partition coefficient (Wildman–Crippen LogP) is 2.04. The van der Waals surface area contributed by atoms with Crippen molar-refractivity contribution >= 4 is 11.6 Å². The molecule has 0 amide bonds. The largest absolute Gasteiger partial charge is 0.380 e. The quantitative estimate of drug-likeness (QED) is 0.545. The third-order valence-corrected chi connectivity index (χ3v) is 2.79. The Labute approximate surface area is 61.3 Å². The van der Waals surface area contributed by atoms with Crippen molar-refractivity contribution < 1.29 is 4.74 Å². The van der Waals surface area contributed by atoms with Gasteiger partial charge in [0.1, 0.15) is 0 Å². The molecule has 1 aliphatic rings. The van der Waals surface area contributed by atoms with E-state index in [0.29, 0.717) is 5.41 Å². The monoisotopic (exact) mass is 148 g/mol. The zero-order valence-electron chi connectivity index (χ0n) is 5.98. The molecule has 0 saturated carbocycles. The van der Waals surface area contributed by atoms with E-state index < -0.39 is 0 Å². The summed E-state index contributed by atoms with van der Waals surface area (Å²) >= 11 is 5.96. The van der Waals surface area contributed by atoms with Crippen LogP contribution in [0.3, 0.4) is 0 Å². The first-order valence-corrected chi connectivity index (χ1v) is 3.87. The maximum absolute atomic E-state index is 5.96. The van der Waals surface area contributed by atoms with Gasteiger partial charge in [-0.3, -0.25) is 0 Å². The summed E-state index contributed by atoms with van der Waals surface area (Å²) in [6, 6.07) is 0. The molecule has 1 atom stereocenters. The van der Waals surface area contributed by atoms with Gasteiger partial charge in [-0.25, -0.2) is 0 Å². The van der Waals surface area contributed by atoms with Crippen LogP contribution in [0, 0.1) is 5.41 Å². The van der Waals surface area contributed by atoms with E-state index in [2.05, 4.69) is 6.92 Å². The van der Waals surface area contributed by atoms with Crippen LogP contribution in [0.15, 0.2) is 0 Å². The highest BCUT2D eigenvalue weighted by Gasteiger charge is 2.40. The zero-order chi connectivity index (χ0) is 6.91. The Balaban J connectivity index is 2.46. The van der Waals surface area contributed by atoms with E-state index in [4.69, 9.17) is 16.3 Å². The van der Waals surface area contributed by atoms with E-state index in [1.54, 1.807) is 0 Å². The lowest BCUT2D eigenvalue weighted by atomic mass is 9.80. The van der Waals surface area contributed by atoms with Gasteiger partial charge in [0.15, 0.2) is 0 Å². The maximum atomic E-state index is 5.96. The van der Waals surface area contributed by atoms with Crippen molar-refractivity contribution in [2.45, 2.75) is 25.6 Å². The fraction of sp³-hybridized carbons (Fsp3) is 1.00. The van der Waals surface area contributed by atoms with E-state index in [0.717, 1.165) is 19.6 Å². The van der Waals surface area contributed by atoms with Gasteiger partial charge in [-0.1, -0.05) is 6.92 Å². The van der Waals surface area contributed by atoms with Crippen molar-refractivity contribution in [1.29, 1.82) is 0 Å². The summed E-state index contributed by atoms with van der Waals surface area (Å²) in [6.45, 7) is 5.93. The fourth-order valence-electron chi connectivity index (χ4n) is 1.08. The molecule has 0 aliphatic carbocycles. The standard InChI is InChI=1S/C7H13ClO/c1-3-7(6(2)8)4-9-5-7/h6H,3-5H2,1-2H3. The molecule has 0 aromatic carbocycles. The van der Waals surface area contributed by atoms with Crippen LogP contribution in [0.4, 0.5) is 0 Å². The van der Waals surface area contributed by atoms with Crippen LogP contribution in [0.2, 0.25) is 0 Å². The lowest BCUT2D eigenvalue weighted by Crippen LogP contribution is -2.47. The van der Waals surface area contributed by atoms with Gasteiger partial charge in [0, 0.05) is 10.8 Å². The Morgan fingerprint density at radius 2 is 2.22 bits per heavy atom. The summed E-state index contributed by atoms with van der Waals surface area (Å²) in [5, 5.41) is 0.260. The summed E-state index contributed by atoms with van der Waals surface area (Å²) in [6.07, 6.45) is 1.14. The summed E-state index contributed by atoms with van der Waals surface area (Å²) in [5.41, 5.74) is 0.307. The van der Waals surface area contributed by atoms with Crippen LogP contribution in [0.1, 0.15) is 20.3 Å². The SMILES string of the molecule is CCC1(C(C)Cl)COC1. The summed E-state index contributed by atoms with van der Waals surface area (Å²) in [5.74, 6) is 0. The second kappa shape index (κ2) is 2.47. The second-order valence-electron chi connectivity index (χ2n) is 2.82. The predicted molar refractivity (Wildman–Crippen MR) is 38.9 cm³/mol. The molecule has 0 radical (unpaired) electrons. The lowest BCUT2D eigenvalue weighted by Gasteiger charge is -2.43. The minimum Gasteiger partial charge on any atom is -0.380 e. The Morgan fingerprint density at radius 1 is 1.67 bits per heavy atom. The number of rotatable bonds is 2. The maximum Gasteiger partial charge on any atom is 0.0558 e. The van der Waals surface area contributed by atoms with Crippen LogP contribution in [0.5, 0.6) is 0 Å². The van der Waals surface area contributed by atoms with Gasteiger partial charge >= 0.3 is 0 Å². The minimum atomic E-state index is 0.260. The second-order valence-corrected chi connectivity index (χ2v) is 3.48. The first-order valence-electron chi connectivity index (χ1n) is 3.43. The smallest absolute Gasteiger partial charge is 0.0558 e. The molecular formula is C7H13ClO. The molecule has 54 valence electrons. The Bertz CT molecular complexity index is 91.6. The van der Waals surface area contributed by atoms with Gasteiger partial charge in [0.25, 0.3) is 0 Å². The lowest BCUT2D eigenvalue weighted by molar-refractivity contribution is -0.114. The van der Waals surface area contributed by atoms with Crippen molar-refractivity contribution in [1.82, 2.24) is 0 Å². The van der Waals surface area contributed by atoms with Crippen molar-refractivity contribution in [2.24, 2.45) is 5.41 Å². The van der Waals surface area contributed by atoms with Crippen LogP contribution >= 0.6 is 11.6 Å². The average molecular weight is 149 g/mol. The number of ether oxygens (including phenoxy) is 1. The Kier molecular flexibility index (Phi) is 2.02. The van der Waals surface area contributed by atoms with Gasteiger partial charge in [-0.2, -0.15) is 0 Å². The van der Waals surface area contributed by atoms with E-state index in [-0.39, 0.29) is 5.38 Å². The van der Waals surface area contributed by atoms with Crippen LogP contribution < -0.4 is 0 Å². The molecule has 0 aromatic heterocycles.